The molecule has 1 saturated carbocycles. The maximum Gasteiger partial charge on any atom is 0.135 e. The highest BCUT2D eigenvalue weighted by atomic mass is 16.4. The van der Waals surface area contributed by atoms with Crippen LogP contribution in [0, 0.1) is 6.92 Å². The smallest absolute Gasteiger partial charge is 0.135 e. The van der Waals surface area contributed by atoms with Gasteiger partial charge in [0.05, 0.1) is 11.3 Å². The predicted octanol–water partition coefficient (Wildman–Crippen LogP) is 1.90. The fourth-order valence-electron chi connectivity index (χ4n) is 2.50. The van der Waals surface area contributed by atoms with Crippen LogP contribution >= 0.6 is 0 Å². The van der Waals surface area contributed by atoms with E-state index in [-0.39, 0.29) is 0 Å². The Morgan fingerprint density at radius 1 is 1.19 bits per heavy atom. The first kappa shape index (κ1) is 11.6. The molecule has 1 heterocycles. The molecule has 0 radical (unpaired) electrons. The van der Waals surface area contributed by atoms with Crippen LogP contribution in [0.5, 0.6) is 0 Å². The van der Waals surface area contributed by atoms with Gasteiger partial charge in [0, 0.05) is 5.69 Å². The Kier molecular flexibility index (Phi) is 2.76. The van der Waals surface area contributed by atoms with E-state index in [1.807, 2.05) is 19.1 Å². The third kappa shape index (κ3) is 1.74. The van der Waals surface area contributed by atoms with Gasteiger partial charge in [-0.05, 0) is 45.2 Å². The molecule has 16 heavy (non-hydrogen) atoms. The summed E-state index contributed by atoms with van der Waals surface area (Å²) in [4.78, 5) is 4.35. The second-order valence-corrected chi connectivity index (χ2v) is 5.01. The average molecular weight is 221 g/mol. The maximum atomic E-state index is 10.7. The molecule has 2 N–H and O–H groups in total. The number of hydrogen-bond acceptors (Lipinski definition) is 3. The number of hydrogen-bond donors (Lipinski definition) is 2. The summed E-state index contributed by atoms with van der Waals surface area (Å²) in [6.45, 7) is 3.60. The van der Waals surface area contributed by atoms with E-state index in [0.717, 1.165) is 18.5 Å². The highest BCUT2D eigenvalue weighted by Crippen LogP contribution is 2.43. The lowest BCUT2D eigenvalue weighted by molar-refractivity contribution is -0.173. The van der Waals surface area contributed by atoms with Gasteiger partial charge in [-0.3, -0.25) is 4.98 Å². The van der Waals surface area contributed by atoms with Crippen LogP contribution in [-0.4, -0.2) is 20.8 Å². The first-order valence-electron chi connectivity index (χ1n) is 5.85. The topological polar surface area (TPSA) is 53.4 Å². The molecule has 0 aromatic carbocycles. The zero-order valence-corrected chi connectivity index (χ0v) is 9.90. The average Bonchev–Trinajstić information content (AvgIpc) is 2.22. The van der Waals surface area contributed by atoms with Crippen molar-refractivity contribution in [3.05, 3.63) is 29.6 Å². The molecule has 3 heteroatoms. The summed E-state index contributed by atoms with van der Waals surface area (Å²) in [5, 5.41) is 21.0. The van der Waals surface area contributed by atoms with E-state index in [1.165, 1.54) is 0 Å². The van der Waals surface area contributed by atoms with Crippen molar-refractivity contribution in [2.75, 3.05) is 0 Å². The van der Waals surface area contributed by atoms with Crippen LogP contribution in [0.25, 0.3) is 0 Å². The standard InChI is InChI=1S/C13H19NO2/c1-10-6-5-7-11(14-10)13(16)9-4-3-8-12(13,2)15/h5-7,15-16H,3-4,8-9H2,1-2H3. The summed E-state index contributed by atoms with van der Waals surface area (Å²) in [7, 11) is 0. The Bertz CT molecular complexity index is 389. The molecular weight excluding hydrogens is 202 g/mol. The van der Waals surface area contributed by atoms with Crippen LogP contribution in [0.3, 0.4) is 0 Å². The Hall–Kier alpha value is -0.930. The molecule has 1 aliphatic carbocycles. The van der Waals surface area contributed by atoms with E-state index in [2.05, 4.69) is 4.98 Å². The number of aryl methyl sites for hydroxylation is 1. The Morgan fingerprint density at radius 2 is 1.88 bits per heavy atom. The molecule has 1 fully saturated rings. The first-order chi connectivity index (χ1) is 7.46. The highest BCUT2D eigenvalue weighted by molar-refractivity contribution is 5.21. The molecule has 1 aromatic heterocycles. The molecule has 2 unspecified atom stereocenters. The highest BCUT2D eigenvalue weighted by Gasteiger charge is 2.49. The van der Waals surface area contributed by atoms with E-state index in [1.54, 1.807) is 13.0 Å². The fourth-order valence-corrected chi connectivity index (χ4v) is 2.50. The van der Waals surface area contributed by atoms with Gasteiger partial charge in [0.2, 0.25) is 0 Å². The second-order valence-electron chi connectivity index (χ2n) is 5.01. The minimum absolute atomic E-state index is 0.580. The molecule has 0 amide bonds. The summed E-state index contributed by atoms with van der Waals surface area (Å²) in [6, 6.07) is 5.57. The van der Waals surface area contributed by atoms with Crippen molar-refractivity contribution < 1.29 is 10.2 Å². The van der Waals surface area contributed by atoms with Gasteiger partial charge >= 0.3 is 0 Å². The van der Waals surface area contributed by atoms with Gasteiger partial charge in [0.1, 0.15) is 5.60 Å². The fraction of sp³-hybridized carbons (Fsp3) is 0.615. The summed E-state index contributed by atoms with van der Waals surface area (Å²) >= 11 is 0. The van der Waals surface area contributed by atoms with E-state index in [4.69, 9.17) is 0 Å². The third-order valence-corrected chi connectivity index (χ3v) is 3.66. The van der Waals surface area contributed by atoms with Crippen LogP contribution in [0.15, 0.2) is 18.2 Å². The number of nitrogens with zero attached hydrogens (tertiary/aromatic N) is 1. The zero-order valence-electron chi connectivity index (χ0n) is 9.90. The Labute approximate surface area is 96.2 Å². The quantitative estimate of drug-likeness (QED) is 0.761. The second kappa shape index (κ2) is 3.82. The van der Waals surface area contributed by atoms with E-state index in [0.29, 0.717) is 18.5 Å². The van der Waals surface area contributed by atoms with E-state index >= 15 is 0 Å². The number of rotatable bonds is 1. The zero-order chi connectivity index (χ0) is 11.8. The lowest BCUT2D eigenvalue weighted by Gasteiger charge is -2.44. The van der Waals surface area contributed by atoms with Crippen molar-refractivity contribution in [3.8, 4) is 0 Å². The van der Waals surface area contributed by atoms with Crippen LogP contribution < -0.4 is 0 Å². The monoisotopic (exact) mass is 221 g/mol. The normalized spacial score (nSPS) is 35.0. The maximum absolute atomic E-state index is 10.7. The molecule has 2 rings (SSSR count). The van der Waals surface area contributed by atoms with Crippen molar-refractivity contribution in [1.29, 1.82) is 0 Å². The molecule has 0 saturated heterocycles. The van der Waals surface area contributed by atoms with Gasteiger partial charge in [-0.1, -0.05) is 12.5 Å². The van der Waals surface area contributed by atoms with Crippen molar-refractivity contribution in [3.63, 3.8) is 0 Å². The van der Waals surface area contributed by atoms with Gasteiger partial charge in [-0.2, -0.15) is 0 Å². The minimum Gasteiger partial charge on any atom is -0.387 e. The van der Waals surface area contributed by atoms with Crippen molar-refractivity contribution >= 4 is 0 Å². The predicted molar refractivity (Wildman–Crippen MR) is 62.0 cm³/mol. The summed E-state index contributed by atoms with van der Waals surface area (Å²) < 4.78 is 0. The summed E-state index contributed by atoms with van der Waals surface area (Å²) in [5.74, 6) is 0. The summed E-state index contributed by atoms with van der Waals surface area (Å²) in [6.07, 6.45) is 3.10. The number of aromatic nitrogens is 1. The summed E-state index contributed by atoms with van der Waals surface area (Å²) in [5.41, 5.74) is -0.812. The molecule has 1 aromatic rings. The van der Waals surface area contributed by atoms with Gasteiger partial charge in [0.25, 0.3) is 0 Å². The minimum atomic E-state index is -1.20. The Morgan fingerprint density at radius 3 is 2.50 bits per heavy atom. The Balaban J connectivity index is 2.43. The molecule has 0 bridgehead atoms. The van der Waals surface area contributed by atoms with Gasteiger partial charge in [-0.15, -0.1) is 0 Å². The number of aliphatic hydroxyl groups is 2. The third-order valence-electron chi connectivity index (χ3n) is 3.66. The van der Waals surface area contributed by atoms with Crippen molar-refractivity contribution in [2.45, 2.75) is 50.7 Å². The van der Waals surface area contributed by atoms with Gasteiger partial charge < -0.3 is 10.2 Å². The van der Waals surface area contributed by atoms with Gasteiger partial charge in [-0.25, -0.2) is 0 Å². The van der Waals surface area contributed by atoms with Crippen molar-refractivity contribution in [2.24, 2.45) is 0 Å². The molecule has 3 nitrogen and oxygen atoms in total. The first-order valence-corrected chi connectivity index (χ1v) is 5.85. The lowest BCUT2D eigenvalue weighted by atomic mass is 9.71. The van der Waals surface area contributed by atoms with Gasteiger partial charge in [0.15, 0.2) is 0 Å². The molecule has 0 spiro atoms. The lowest BCUT2D eigenvalue weighted by Crippen LogP contribution is -2.52. The van der Waals surface area contributed by atoms with E-state index in [9.17, 15) is 10.2 Å². The molecule has 0 aliphatic heterocycles. The van der Waals surface area contributed by atoms with E-state index < -0.39 is 11.2 Å². The van der Waals surface area contributed by atoms with Crippen LogP contribution in [0.4, 0.5) is 0 Å². The SMILES string of the molecule is Cc1cccc(C2(O)CCCCC2(C)O)n1. The molecule has 88 valence electrons. The largest absolute Gasteiger partial charge is 0.387 e. The van der Waals surface area contributed by atoms with Crippen molar-refractivity contribution in [1.82, 2.24) is 4.98 Å². The van der Waals surface area contributed by atoms with Crippen LogP contribution in [-0.2, 0) is 5.60 Å². The molecule has 1 aliphatic rings. The van der Waals surface area contributed by atoms with Crippen LogP contribution in [0.1, 0.15) is 44.0 Å². The molecule has 2 atom stereocenters. The number of pyridine rings is 1. The van der Waals surface area contributed by atoms with Crippen LogP contribution in [0.2, 0.25) is 0 Å². The molecular formula is C13H19NO2.